The summed E-state index contributed by atoms with van der Waals surface area (Å²) in [5.74, 6) is -0.296. The number of ether oxygens (including phenoxy) is 1. The number of aryl methyl sites for hydroxylation is 1. The van der Waals surface area contributed by atoms with Crippen molar-refractivity contribution in [2.75, 3.05) is 18.0 Å². The van der Waals surface area contributed by atoms with Crippen molar-refractivity contribution in [2.45, 2.75) is 57.6 Å². The molecule has 2 amide bonds. The van der Waals surface area contributed by atoms with Crippen molar-refractivity contribution >= 4 is 39.1 Å². The lowest BCUT2D eigenvalue weighted by Gasteiger charge is -2.34. The van der Waals surface area contributed by atoms with E-state index < -0.39 is 34.1 Å². The van der Waals surface area contributed by atoms with Crippen molar-refractivity contribution in [3.8, 4) is 5.75 Å². The lowest BCUT2D eigenvalue weighted by atomic mass is 10.1. The van der Waals surface area contributed by atoms with E-state index in [1.54, 1.807) is 63.4 Å². The van der Waals surface area contributed by atoms with E-state index in [-0.39, 0.29) is 17.3 Å². The molecule has 3 aromatic rings. The SMILES string of the molecule is COc1cccc(CN(C(=O)CN(c2ccccc2C)S(=O)(=O)c2ccc(Cl)cc2)[C@H](C)C(=O)NC(C)(C)C)c1. The maximum Gasteiger partial charge on any atom is 0.264 e. The highest BCUT2D eigenvalue weighted by Gasteiger charge is 2.33. The third-order valence-corrected chi connectivity index (χ3v) is 8.24. The lowest BCUT2D eigenvalue weighted by molar-refractivity contribution is -0.140. The first kappa shape index (κ1) is 31.0. The Kier molecular flexibility index (Phi) is 9.87. The van der Waals surface area contributed by atoms with E-state index in [0.717, 1.165) is 9.87 Å². The molecule has 0 spiro atoms. The summed E-state index contributed by atoms with van der Waals surface area (Å²) >= 11 is 6.00. The quantitative estimate of drug-likeness (QED) is 0.353. The topological polar surface area (TPSA) is 96.0 Å². The summed E-state index contributed by atoms with van der Waals surface area (Å²) in [6.45, 7) is 8.51. The number of hydrogen-bond acceptors (Lipinski definition) is 5. The highest BCUT2D eigenvalue weighted by Crippen LogP contribution is 2.28. The third-order valence-electron chi connectivity index (χ3n) is 6.22. The Labute approximate surface area is 241 Å². The number of para-hydroxylation sites is 1. The normalized spacial score (nSPS) is 12.4. The van der Waals surface area contributed by atoms with Gasteiger partial charge in [0.1, 0.15) is 18.3 Å². The van der Waals surface area contributed by atoms with Gasteiger partial charge in [0.25, 0.3) is 10.0 Å². The monoisotopic (exact) mass is 585 g/mol. The van der Waals surface area contributed by atoms with Crippen molar-refractivity contribution in [1.29, 1.82) is 0 Å². The smallest absolute Gasteiger partial charge is 0.264 e. The summed E-state index contributed by atoms with van der Waals surface area (Å²) in [5, 5.41) is 3.31. The zero-order chi connectivity index (χ0) is 29.7. The summed E-state index contributed by atoms with van der Waals surface area (Å²) in [5.41, 5.74) is 1.23. The molecule has 214 valence electrons. The molecule has 0 radical (unpaired) electrons. The van der Waals surface area contributed by atoms with Crippen LogP contribution in [0.3, 0.4) is 0 Å². The number of carbonyl (C=O) groups excluding carboxylic acids is 2. The second-order valence-corrected chi connectivity index (χ2v) is 12.8. The van der Waals surface area contributed by atoms with E-state index in [1.807, 2.05) is 26.8 Å². The molecule has 0 unspecified atom stereocenters. The van der Waals surface area contributed by atoms with Gasteiger partial charge in [-0.15, -0.1) is 0 Å². The lowest BCUT2D eigenvalue weighted by Crippen LogP contribution is -2.54. The van der Waals surface area contributed by atoms with Crippen LogP contribution in [0.5, 0.6) is 5.75 Å². The number of benzene rings is 3. The number of sulfonamides is 1. The van der Waals surface area contributed by atoms with Crippen molar-refractivity contribution in [1.82, 2.24) is 10.2 Å². The van der Waals surface area contributed by atoms with Gasteiger partial charge < -0.3 is 15.0 Å². The van der Waals surface area contributed by atoms with Crippen LogP contribution in [0.25, 0.3) is 0 Å². The molecule has 0 fully saturated rings. The van der Waals surface area contributed by atoms with Crippen LogP contribution < -0.4 is 14.4 Å². The van der Waals surface area contributed by atoms with E-state index in [4.69, 9.17) is 16.3 Å². The average molecular weight is 586 g/mol. The Morgan fingerprint density at radius 1 is 1.00 bits per heavy atom. The molecule has 3 rings (SSSR count). The molecule has 0 saturated carbocycles. The summed E-state index contributed by atoms with van der Waals surface area (Å²) in [7, 11) is -2.63. The number of nitrogens with zero attached hydrogens (tertiary/aromatic N) is 2. The van der Waals surface area contributed by atoms with E-state index in [1.165, 1.54) is 29.2 Å². The molecule has 40 heavy (non-hydrogen) atoms. The highest BCUT2D eigenvalue weighted by molar-refractivity contribution is 7.92. The molecular weight excluding hydrogens is 550 g/mol. The zero-order valence-electron chi connectivity index (χ0n) is 23.6. The maximum atomic E-state index is 14.0. The van der Waals surface area contributed by atoms with Gasteiger partial charge in [0.2, 0.25) is 11.8 Å². The molecule has 8 nitrogen and oxygen atoms in total. The van der Waals surface area contributed by atoms with Crippen LogP contribution >= 0.6 is 11.6 Å². The van der Waals surface area contributed by atoms with Crippen LogP contribution in [-0.2, 0) is 26.2 Å². The van der Waals surface area contributed by atoms with E-state index in [9.17, 15) is 18.0 Å². The number of nitrogens with one attached hydrogen (secondary N) is 1. The van der Waals surface area contributed by atoms with E-state index >= 15 is 0 Å². The van der Waals surface area contributed by atoms with Crippen LogP contribution in [-0.4, -0.2) is 50.4 Å². The molecule has 0 saturated heterocycles. The molecule has 0 bridgehead atoms. The molecule has 3 aromatic carbocycles. The number of rotatable bonds is 10. The minimum atomic E-state index is -4.17. The molecule has 0 heterocycles. The Bertz CT molecular complexity index is 1450. The van der Waals surface area contributed by atoms with Crippen LogP contribution in [0.4, 0.5) is 5.69 Å². The fraction of sp³-hybridized carbons (Fsp3) is 0.333. The van der Waals surface area contributed by atoms with Crippen LogP contribution in [0.1, 0.15) is 38.8 Å². The third kappa shape index (κ3) is 7.76. The van der Waals surface area contributed by atoms with Crippen molar-refractivity contribution in [3.63, 3.8) is 0 Å². The number of methoxy groups -OCH3 is 1. The van der Waals surface area contributed by atoms with Gasteiger partial charge in [-0.3, -0.25) is 13.9 Å². The summed E-state index contributed by atoms with van der Waals surface area (Å²) in [6.07, 6.45) is 0. The second-order valence-electron chi connectivity index (χ2n) is 10.5. The average Bonchev–Trinajstić information content (AvgIpc) is 2.89. The summed E-state index contributed by atoms with van der Waals surface area (Å²) < 4.78 is 34.2. The summed E-state index contributed by atoms with van der Waals surface area (Å²) in [4.78, 5) is 28.6. The molecule has 0 aliphatic heterocycles. The van der Waals surface area contributed by atoms with Crippen molar-refractivity contribution in [2.24, 2.45) is 0 Å². The standard InChI is InChI=1S/C30H36ClN3O5S/c1-21-10-7-8-13-27(21)34(40(37,38)26-16-14-24(31)15-17-26)20-28(35)33(22(2)29(36)32-30(3,4)5)19-23-11-9-12-25(18-23)39-6/h7-18,22H,19-20H2,1-6H3,(H,32,36)/t22-/m1/s1. The molecular formula is C30H36ClN3O5S. The van der Waals surface area contributed by atoms with Crippen LogP contribution in [0.15, 0.2) is 77.7 Å². The van der Waals surface area contributed by atoms with Gasteiger partial charge in [0.05, 0.1) is 17.7 Å². The van der Waals surface area contributed by atoms with Gasteiger partial charge in [0.15, 0.2) is 0 Å². The number of anilines is 1. The van der Waals surface area contributed by atoms with Gasteiger partial charge in [-0.05, 0) is 88.2 Å². The molecule has 0 aliphatic rings. The number of hydrogen-bond donors (Lipinski definition) is 1. The van der Waals surface area contributed by atoms with Crippen molar-refractivity contribution in [3.05, 3.63) is 88.9 Å². The maximum absolute atomic E-state index is 14.0. The highest BCUT2D eigenvalue weighted by atomic mass is 35.5. The Balaban J connectivity index is 2.06. The van der Waals surface area contributed by atoms with E-state index in [0.29, 0.717) is 22.0 Å². The molecule has 1 N–H and O–H groups in total. The molecule has 1 atom stereocenters. The predicted octanol–water partition coefficient (Wildman–Crippen LogP) is 5.18. The molecule has 0 aliphatic carbocycles. The largest absolute Gasteiger partial charge is 0.497 e. The predicted molar refractivity (Wildman–Crippen MR) is 158 cm³/mol. The van der Waals surface area contributed by atoms with Gasteiger partial charge in [-0.1, -0.05) is 41.9 Å². The fourth-order valence-corrected chi connectivity index (χ4v) is 5.72. The van der Waals surface area contributed by atoms with Gasteiger partial charge >= 0.3 is 0 Å². The number of halogens is 1. The number of carbonyl (C=O) groups is 2. The van der Waals surface area contributed by atoms with Crippen LogP contribution in [0, 0.1) is 6.92 Å². The minimum absolute atomic E-state index is 0.00850. The second kappa shape index (κ2) is 12.7. The Hall–Kier alpha value is -3.56. The first-order valence-corrected chi connectivity index (χ1v) is 14.6. The Morgan fingerprint density at radius 3 is 2.25 bits per heavy atom. The molecule has 0 aromatic heterocycles. The minimum Gasteiger partial charge on any atom is -0.497 e. The van der Waals surface area contributed by atoms with E-state index in [2.05, 4.69) is 5.32 Å². The summed E-state index contributed by atoms with van der Waals surface area (Å²) in [6, 6.07) is 19.0. The van der Waals surface area contributed by atoms with Crippen molar-refractivity contribution < 1.29 is 22.7 Å². The molecule has 10 heteroatoms. The Morgan fingerprint density at radius 2 is 1.65 bits per heavy atom. The van der Waals surface area contributed by atoms with Crippen LogP contribution in [0.2, 0.25) is 5.02 Å². The van der Waals surface area contributed by atoms with Gasteiger partial charge in [0, 0.05) is 17.1 Å². The first-order chi connectivity index (χ1) is 18.7. The zero-order valence-corrected chi connectivity index (χ0v) is 25.2. The van der Waals surface area contributed by atoms with Gasteiger partial charge in [-0.25, -0.2) is 8.42 Å². The fourth-order valence-electron chi connectivity index (χ4n) is 4.11. The number of amides is 2. The first-order valence-electron chi connectivity index (χ1n) is 12.8. The van der Waals surface area contributed by atoms with Gasteiger partial charge in [-0.2, -0.15) is 0 Å².